The van der Waals surface area contributed by atoms with Crippen LogP contribution in [0.2, 0.25) is 0 Å². The van der Waals surface area contributed by atoms with Gasteiger partial charge in [0.15, 0.2) is 5.69 Å². The summed E-state index contributed by atoms with van der Waals surface area (Å²) >= 11 is 0. The van der Waals surface area contributed by atoms with Crippen molar-refractivity contribution in [3.8, 4) is 0 Å². The van der Waals surface area contributed by atoms with Crippen molar-refractivity contribution >= 4 is 5.91 Å². The molecule has 0 fully saturated rings. The van der Waals surface area contributed by atoms with Crippen LogP contribution in [0.4, 0.5) is 0 Å². The molecule has 0 saturated carbocycles. The van der Waals surface area contributed by atoms with Crippen molar-refractivity contribution in [2.75, 3.05) is 0 Å². The number of aromatic nitrogens is 1. The van der Waals surface area contributed by atoms with Gasteiger partial charge in [-0.15, -0.1) is 0 Å². The summed E-state index contributed by atoms with van der Waals surface area (Å²) in [4.78, 5) is 19.1. The summed E-state index contributed by atoms with van der Waals surface area (Å²) in [7, 11) is 0. The van der Waals surface area contributed by atoms with Crippen LogP contribution in [0.5, 0.6) is 0 Å². The number of oxazole rings is 1. The fraction of sp³-hybridized carbons (Fsp3) is 0.565. The monoisotopic (exact) mass is 385 g/mol. The largest absolute Gasteiger partial charge is 0.447 e. The highest BCUT2D eigenvalue weighted by molar-refractivity contribution is 5.92. The summed E-state index contributed by atoms with van der Waals surface area (Å²) in [6.45, 7) is 16.4. The number of nitrogens with one attached hydrogen (secondary N) is 1. The van der Waals surface area contributed by atoms with E-state index in [2.05, 4.69) is 68.0 Å². The predicted molar refractivity (Wildman–Crippen MR) is 113 cm³/mol. The molecule has 0 aliphatic heterocycles. The molecule has 0 bridgehead atoms. The van der Waals surface area contributed by atoms with Crippen LogP contribution in [0.25, 0.3) is 0 Å². The van der Waals surface area contributed by atoms with Gasteiger partial charge < -0.3 is 9.73 Å². The van der Waals surface area contributed by atoms with Crippen molar-refractivity contribution < 1.29 is 9.21 Å². The number of aryl methyl sites for hydroxylation is 2. The Morgan fingerprint density at radius 3 is 2.54 bits per heavy atom. The van der Waals surface area contributed by atoms with E-state index in [1.807, 2.05) is 13.8 Å². The van der Waals surface area contributed by atoms with Crippen molar-refractivity contribution in [1.82, 2.24) is 15.2 Å². The van der Waals surface area contributed by atoms with Gasteiger partial charge in [0.2, 0.25) is 5.89 Å². The minimum absolute atomic E-state index is 0.120. The second-order valence-corrected chi connectivity index (χ2v) is 8.23. The van der Waals surface area contributed by atoms with Crippen LogP contribution >= 0.6 is 0 Å². The Labute approximate surface area is 169 Å². The second kappa shape index (κ2) is 9.87. The molecule has 0 aliphatic rings. The van der Waals surface area contributed by atoms with Gasteiger partial charge in [-0.25, -0.2) is 4.98 Å². The van der Waals surface area contributed by atoms with Gasteiger partial charge in [0.1, 0.15) is 6.26 Å². The molecule has 1 aromatic carbocycles. The molecule has 1 N–H and O–H groups in total. The predicted octanol–water partition coefficient (Wildman–Crippen LogP) is 4.87. The molecule has 2 atom stereocenters. The fourth-order valence-electron chi connectivity index (χ4n) is 3.02. The van der Waals surface area contributed by atoms with E-state index in [0.29, 0.717) is 30.1 Å². The van der Waals surface area contributed by atoms with E-state index in [1.54, 1.807) is 0 Å². The third-order valence-electron chi connectivity index (χ3n) is 5.53. The van der Waals surface area contributed by atoms with E-state index < -0.39 is 0 Å². The first-order chi connectivity index (χ1) is 13.2. The second-order valence-electron chi connectivity index (χ2n) is 8.23. The van der Waals surface area contributed by atoms with E-state index in [0.717, 1.165) is 13.0 Å². The minimum atomic E-state index is -0.178. The van der Waals surface area contributed by atoms with Crippen molar-refractivity contribution in [2.45, 2.75) is 80.1 Å². The summed E-state index contributed by atoms with van der Waals surface area (Å²) in [6, 6.07) is 7.03. The highest BCUT2D eigenvalue weighted by Crippen LogP contribution is 2.20. The fourth-order valence-corrected chi connectivity index (χ4v) is 3.02. The van der Waals surface area contributed by atoms with Gasteiger partial charge in [-0.05, 0) is 51.2 Å². The van der Waals surface area contributed by atoms with E-state index in [4.69, 9.17) is 4.42 Å². The maximum absolute atomic E-state index is 12.3. The molecule has 0 aliphatic carbocycles. The number of carbonyl (C=O) groups is 1. The number of carbonyl (C=O) groups excluding carboxylic acids is 1. The van der Waals surface area contributed by atoms with Crippen LogP contribution in [-0.4, -0.2) is 27.9 Å². The zero-order chi connectivity index (χ0) is 20.8. The summed E-state index contributed by atoms with van der Waals surface area (Å²) in [5.74, 6) is 0.891. The first-order valence-corrected chi connectivity index (χ1v) is 10.3. The van der Waals surface area contributed by atoms with Crippen LogP contribution in [0, 0.1) is 19.8 Å². The molecule has 2 aromatic rings. The molecule has 5 nitrogen and oxygen atoms in total. The summed E-state index contributed by atoms with van der Waals surface area (Å²) < 4.78 is 5.64. The molecule has 1 aromatic heterocycles. The van der Waals surface area contributed by atoms with Gasteiger partial charge in [-0.2, -0.15) is 0 Å². The third-order valence-corrected chi connectivity index (χ3v) is 5.53. The lowest BCUT2D eigenvalue weighted by Crippen LogP contribution is -2.36. The van der Waals surface area contributed by atoms with Crippen LogP contribution in [0.1, 0.15) is 74.1 Å². The Morgan fingerprint density at radius 1 is 1.18 bits per heavy atom. The Bertz CT molecular complexity index is 782. The maximum Gasteiger partial charge on any atom is 0.273 e. The molecule has 0 saturated heterocycles. The molecule has 2 rings (SSSR count). The van der Waals surface area contributed by atoms with Crippen molar-refractivity contribution in [3.63, 3.8) is 0 Å². The smallest absolute Gasteiger partial charge is 0.273 e. The lowest BCUT2D eigenvalue weighted by atomic mass is 10.0. The quantitative estimate of drug-likeness (QED) is 0.669. The molecule has 28 heavy (non-hydrogen) atoms. The Kier molecular flexibility index (Phi) is 7.81. The standard InChI is InChI=1S/C23H35N3O2/c1-8-18(6)24-23(27)21-14-28-22(25-21)13-26(19(7)15(2)3)12-20-11-16(4)9-10-17(20)5/h9-11,14-15,18-19H,8,12-13H2,1-7H3,(H,24,27)/t18-,19+/m1/s1. The lowest BCUT2D eigenvalue weighted by molar-refractivity contribution is 0.0934. The molecular weight excluding hydrogens is 350 g/mol. The lowest BCUT2D eigenvalue weighted by Gasteiger charge is -2.31. The summed E-state index contributed by atoms with van der Waals surface area (Å²) in [6.07, 6.45) is 2.34. The summed E-state index contributed by atoms with van der Waals surface area (Å²) in [5.41, 5.74) is 4.21. The zero-order valence-corrected chi connectivity index (χ0v) is 18.4. The van der Waals surface area contributed by atoms with Crippen molar-refractivity contribution in [3.05, 3.63) is 52.7 Å². The van der Waals surface area contributed by atoms with Gasteiger partial charge in [-0.1, -0.05) is 44.5 Å². The number of rotatable bonds is 9. The molecule has 0 radical (unpaired) electrons. The minimum Gasteiger partial charge on any atom is -0.447 e. The Morgan fingerprint density at radius 2 is 1.89 bits per heavy atom. The zero-order valence-electron chi connectivity index (χ0n) is 18.4. The normalized spacial score (nSPS) is 13.8. The van der Waals surface area contributed by atoms with E-state index in [9.17, 15) is 4.79 Å². The number of amides is 1. The van der Waals surface area contributed by atoms with Crippen LogP contribution in [0.3, 0.4) is 0 Å². The average molecular weight is 386 g/mol. The average Bonchev–Trinajstić information content (AvgIpc) is 3.12. The molecular formula is C23H35N3O2. The molecule has 5 heteroatoms. The van der Waals surface area contributed by atoms with E-state index in [-0.39, 0.29) is 11.9 Å². The van der Waals surface area contributed by atoms with E-state index >= 15 is 0 Å². The first kappa shape index (κ1) is 22.2. The van der Waals surface area contributed by atoms with E-state index in [1.165, 1.54) is 23.0 Å². The number of hydrogen-bond donors (Lipinski definition) is 1. The molecule has 1 heterocycles. The number of nitrogens with zero attached hydrogens (tertiary/aromatic N) is 2. The van der Waals surface area contributed by atoms with Crippen molar-refractivity contribution in [2.24, 2.45) is 5.92 Å². The van der Waals surface area contributed by atoms with Gasteiger partial charge in [0.25, 0.3) is 5.91 Å². The highest BCUT2D eigenvalue weighted by atomic mass is 16.3. The molecule has 0 unspecified atom stereocenters. The van der Waals surface area contributed by atoms with Crippen LogP contribution in [-0.2, 0) is 13.1 Å². The SMILES string of the molecule is CC[C@@H](C)NC(=O)c1coc(CN(Cc2cc(C)ccc2C)[C@@H](C)C(C)C)n1. The van der Waals surface area contributed by atoms with Crippen molar-refractivity contribution in [1.29, 1.82) is 0 Å². The first-order valence-electron chi connectivity index (χ1n) is 10.3. The Hall–Kier alpha value is -2.14. The number of hydrogen-bond acceptors (Lipinski definition) is 4. The maximum atomic E-state index is 12.3. The Balaban J connectivity index is 2.17. The van der Waals surface area contributed by atoms with Gasteiger partial charge in [0.05, 0.1) is 6.54 Å². The van der Waals surface area contributed by atoms with Crippen LogP contribution < -0.4 is 5.32 Å². The van der Waals surface area contributed by atoms with Gasteiger partial charge >= 0.3 is 0 Å². The van der Waals surface area contributed by atoms with Crippen LogP contribution in [0.15, 0.2) is 28.9 Å². The molecule has 154 valence electrons. The summed E-state index contributed by atoms with van der Waals surface area (Å²) in [5, 5.41) is 2.93. The molecule has 0 spiro atoms. The third kappa shape index (κ3) is 5.93. The molecule has 1 amide bonds. The highest BCUT2D eigenvalue weighted by Gasteiger charge is 2.22. The van der Waals surface area contributed by atoms with Gasteiger partial charge in [0, 0.05) is 18.6 Å². The van der Waals surface area contributed by atoms with Gasteiger partial charge in [-0.3, -0.25) is 9.69 Å². The number of benzene rings is 1. The topological polar surface area (TPSA) is 58.4 Å².